The number of ether oxygens (including phenoxy) is 1. The van der Waals surface area contributed by atoms with E-state index in [2.05, 4.69) is 17.4 Å². The van der Waals surface area contributed by atoms with Gasteiger partial charge in [0, 0.05) is 5.56 Å². The maximum absolute atomic E-state index is 14.0. The summed E-state index contributed by atoms with van der Waals surface area (Å²) in [6.07, 6.45) is 9.22. The highest BCUT2D eigenvalue weighted by atomic mass is 19.1. The SMILES string of the molecule is O=C1NC(=O)N(c2ccc(C34CC5CC(CC(C5)C3)C4)cc2)C(=O)/C1=C/c1cccc(OCc2ccccc2F)c1. The van der Waals surface area contributed by atoms with Crippen LogP contribution in [0.4, 0.5) is 14.9 Å². The van der Waals surface area contributed by atoms with Crippen molar-refractivity contribution in [2.45, 2.75) is 50.5 Å². The fourth-order valence-corrected chi connectivity index (χ4v) is 7.96. The van der Waals surface area contributed by atoms with Crippen molar-refractivity contribution in [3.05, 3.63) is 101 Å². The van der Waals surface area contributed by atoms with Gasteiger partial charge in [-0.25, -0.2) is 14.1 Å². The zero-order valence-corrected chi connectivity index (χ0v) is 22.6. The topological polar surface area (TPSA) is 75.7 Å². The van der Waals surface area contributed by atoms with Crippen LogP contribution in [0.15, 0.2) is 78.4 Å². The van der Waals surface area contributed by atoms with Gasteiger partial charge in [0.15, 0.2) is 0 Å². The summed E-state index contributed by atoms with van der Waals surface area (Å²) in [5.74, 6) is 1.12. The number of hydrogen-bond donors (Lipinski definition) is 1. The second kappa shape index (κ2) is 9.98. The lowest BCUT2D eigenvalue weighted by atomic mass is 9.48. The van der Waals surface area contributed by atoms with Gasteiger partial charge >= 0.3 is 6.03 Å². The molecule has 3 aromatic rings. The first kappa shape index (κ1) is 25.7. The molecule has 6 nitrogen and oxygen atoms in total. The molecule has 0 spiro atoms. The van der Waals surface area contributed by atoms with Crippen molar-refractivity contribution in [3.63, 3.8) is 0 Å². The van der Waals surface area contributed by atoms with Crippen LogP contribution in [0.3, 0.4) is 0 Å². The van der Waals surface area contributed by atoms with Crippen molar-refractivity contribution in [1.29, 1.82) is 0 Å². The van der Waals surface area contributed by atoms with E-state index >= 15 is 0 Å². The Balaban J connectivity index is 1.11. The summed E-state index contributed by atoms with van der Waals surface area (Å²) >= 11 is 0. The van der Waals surface area contributed by atoms with Gasteiger partial charge in [-0.3, -0.25) is 14.9 Å². The summed E-state index contributed by atoms with van der Waals surface area (Å²) in [6.45, 7) is 0.0354. The molecule has 3 aromatic carbocycles. The molecule has 0 atom stereocenters. The number of barbiturate groups is 1. The first-order valence-corrected chi connectivity index (χ1v) is 14.4. The number of halogens is 1. The molecule has 0 aromatic heterocycles. The molecule has 4 amide bonds. The van der Waals surface area contributed by atoms with Crippen molar-refractivity contribution < 1.29 is 23.5 Å². The van der Waals surface area contributed by atoms with Crippen molar-refractivity contribution in [1.82, 2.24) is 5.32 Å². The van der Waals surface area contributed by atoms with E-state index in [1.165, 1.54) is 56.2 Å². The molecule has 1 saturated heterocycles. The van der Waals surface area contributed by atoms with Gasteiger partial charge in [-0.15, -0.1) is 0 Å². The van der Waals surface area contributed by atoms with Gasteiger partial charge in [0.2, 0.25) is 0 Å². The van der Waals surface area contributed by atoms with Gasteiger partial charge in [0.25, 0.3) is 11.8 Å². The predicted molar refractivity (Wildman–Crippen MR) is 152 cm³/mol. The Hall–Kier alpha value is -4.26. The van der Waals surface area contributed by atoms with E-state index in [9.17, 15) is 18.8 Å². The number of carbonyl (C=O) groups is 3. The van der Waals surface area contributed by atoms with Crippen molar-refractivity contribution >= 4 is 29.6 Å². The first-order valence-electron chi connectivity index (χ1n) is 14.4. The summed E-state index contributed by atoms with van der Waals surface area (Å²) in [5.41, 5.74) is 2.75. The molecule has 4 saturated carbocycles. The number of nitrogens with zero attached hydrogens (tertiary/aromatic N) is 1. The maximum atomic E-state index is 14.0. The summed E-state index contributed by atoms with van der Waals surface area (Å²) < 4.78 is 19.7. The maximum Gasteiger partial charge on any atom is 0.335 e. The van der Waals surface area contributed by atoms with Crippen LogP contribution in [-0.4, -0.2) is 17.8 Å². The van der Waals surface area contributed by atoms with E-state index in [-0.39, 0.29) is 23.4 Å². The Kier molecular flexibility index (Phi) is 6.25. The number of amides is 4. The number of urea groups is 1. The number of hydrogen-bond acceptors (Lipinski definition) is 4. The monoisotopic (exact) mass is 550 g/mol. The number of rotatable bonds is 6. The van der Waals surface area contributed by atoms with E-state index in [0.717, 1.165) is 22.7 Å². The van der Waals surface area contributed by atoms with Gasteiger partial charge in [-0.1, -0.05) is 42.5 Å². The largest absolute Gasteiger partial charge is 0.489 e. The molecule has 5 aliphatic rings. The molecule has 1 N–H and O–H groups in total. The zero-order valence-electron chi connectivity index (χ0n) is 22.6. The van der Waals surface area contributed by atoms with Crippen LogP contribution in [0.2, 0.25) is 0 Å². The number of carbonyl (C=O) groups excluding carboxylic acids is 3. The highest BCUT2D eigenvalue weighted by Gasteiger charge is 2.51. The van der Waals surface area contributed by atoms with E-state index in [0.29, 0.717) is 22.6 Å². The van der Waals surface area contributed by atoms with Crippen LogP contribution >= 0.6 is 0 Å². The second-order valence-corrected chi connectivity index (χ2v) is 12.2. The molecule has 4 bridgehead atoms. The van der Waals surface area contributed by atoms with Gasteiger partial charge in [0.1, 0.15) is 23.7 Å². The standard InChI is InChI=1S/C34H31FN2O4/c35-30-7-2-1-5-25(30)20-41-28-6-3-4-21(15-28)16-29-31(38)36-33(40)37(32(29)39)27-10-8-26(9-11-27)34-17-22-12-23(18-34)14-24(13-22)19-34/h1-11,15-16,22-24H,12-14,17-20H2,(H,36,38,40)/b29-16+. The van der Waals surface area contributed by atoms with E-state index in [1.807, 2.05) is 12.1 Å². The molecule has 0 unspecified atom stereocenters. The molecular formula is C34H31FN2O4. The van der Waals surface area contributed by atoms with E-state index in [1.54, 1.807) is 42.5 Å². The molecular weight excluding hydrogens is 519 g/mol. The van der Waals surface area contributed by atoms with Crippen LogP contribution in [0.5, 0.6) is 5.75 Å². The third-order valence-corrected chi connectivity index (χ3v) is 9.40. The Morgan fingerprint density at radius 1 is 0.878 bits per heavy atom. The average molecular weight is 551 g/mol. The Labute approximate surface area is 238 Å². The third-order valence-electron chi connectivity index (χ3n) is 9.40. The zero-order chi connectivity index (χ0) is 28.1. The van der Waals surface area contributed by atoms with Gasteiger partial charge in [-0.2, -0.15) is 0 Å². The summed E-state index contributed by atoms with van der Waals surface area (Å²) in [7, 11) is 0. The minimum absolute atomic E-state index is 0.0354. The summed E-state index contributed by atoms with van der Waals surface area (Å²) in [4.78, 5) is 40.1. The van der Waals surface area contributed by atoms with E-state index < -0.39 is 17.8 Å². The molecule has 4 aliphatic carbocycles. The van der Waals surface area contributed by atoms with Gasteiger partial charge < -0.3 is 4.74 Å². The second-order valence-electron chi connectivity index (χ2n) is 12.2. The average Bonchev–Trinajstić information content (AvgIpc) is 2.95. The molecule has 1 aliphatic heterocycles. The lowest BCUT2D eigenvalue weighted by Gasteiger charge is -2.57. The molecule has 208 valence electrons. The normalized spacial score (nSPS) is 27.8. The van der Waals surface area contributed by atoms with Crippen LogP contribution < -0.4 is 15.0 Å². The molecule has 0 radical (unpaired) electrons. The number of nitrogens with one attached hydrogen (secondary N) is 1. The first-order chi connectivity index (χ1) is 19.9. The van der Waals surface area contributed by atoms with Crippen LogP contribution in [-0.2, 0) is 21.6 Å². The van der Waals surface area contributed by atoms with Crippen molar-refractivity contribution in [2.24, 2.45) is 17.8 Å². The van der Waals surface area contributed by atoms with Crippen LogP contribution in [0.25, 0.3) is 6.08 Å². The smallest absolute Gasteiger partial charge is 0.335 e. The number of benzene rings is 3. The van der Waals surface area contributed by atoms with Crippen molar-refractivity contribution in [3.8, 4) is 5.75 Å². The summed E-state index contributed by atoms with van der Waals surface area (Å²) in [6, 6.07) is 20.2. The van der Waals surface area contributed by atoms with Gasteiger partial charge in [0.05, 0.1) is 5.69 Å². The lowest BCUT2D eigenvalue weighted by molar-refractivity contribution is -0.122. The molecule has 7 heteroatoms. The van der Waals surface area contributed by atoms with Gasteiger partial charge in [-0.05, 0) is 109 Å². The minimum Gasteiger partial charge on any atom is -0.489 e. The Bertz CT molecular complexity index is 1540. The van der Waals surface area contributed by atoms with Crippen LogP contribution in [0, 0.1) is 23.6 Å². The van der Waals surface area contributed by atoms with E-state index in [4.69, 9.17) is 4.74 Å². The molecule has 1 heterocycles. The quantitative estimate of drug-likeness (QED) is 0.279. The highest BCUT2D eigenvalue weighted by Crippen LogP contribution is 2.60. The Morgan fingerprint density at radius 2 is 1.56 bits per heavy atom. The molecule has 8 rings (SSSR count). The molecule has 5 fully saturated rings. The molecule has 41 heavy (non-hydrogen) atoms. The predicted octanol–water partition coefficient (Wildman–Crippen LogP) is 6.54. The van der Waals surface area contributed by atoms with Crippen molar-refractivity contribution in [2.75, 3.05) is 4.90 Å². The number of anilines is 1. The Morgan fingerprint density at radius 3 is 2.24 bits per heavy atom. The lowest BCUT2D eigenvalue weighted by Crippen LogP contribution is -2.54. The number of imide groups is 2. The highest BCUT2D eigenvalue weighted by molar-refractivity contribution is 6.39. The summed E-state index contributed by atoms with van der Waals surface area (Å²) in [5, 5.41) is 2.31. The van der Waals surface area contributed by atoms with Crippen LogP contribution in [0.1, 0.15) is 55.2 Å². The fraction of sp³-hybridized carbons (Fsp3) is 0.324. The minimum atomic E-state index is -0.762. The fourth-order valence-electron chi connectivity index (χ4n) is 7.96. The third kappa shape index (κ3) is 4.73.